The number of fused-ring (bicyclic) bond motifs is 1. The lowest BCUT2D eigenvalue weighted by Crippen LogP contribution is -2.43. The van der Waals surface area contributed by atoms with Crippen molar-refractivity contribution in [1.82, 2.24) is 35.0 Å². The van der Waals surface area contributed by atoms with Crippen molar-refractivity contribution in [3.05, 3.63) is 54.2 Å². The minimum atomic E-state index is 0.332. The molecule has 0 atom stereocenters. The Morgan fingerprint density at radius 2 is 1.79 bits per heavy atom. The average Bonchev–Trinajstić information content (AvgIpc) is 3.18. The maximum Gasteiger partial charge on any atom is 0.156 e. The highest BCUT2D eigenvalue weighted by atomic mass is 35.5. The Bertz CT molecular complexity index is 1140. The Balaban J connectivity index is 1.57. The number of nitrogens with one attached hydrogen (secondary N) is 1. The van der Waals surface area contributed by atoms with E-state index in [9.17, 15) is 0 Å². The Morgan fingerprint density at radius 3 is 2.64 bits per heavy atom. The van der Waals surface area contributed by atoms with Crippen LogP contribution in [0.3, 0.4) is 0 Å². The number of piperazine rings is 1. The molecule has 0 unspecified atom stereocenters. The van der Waals surface area contributed by atoms with E-state index in [1.165, 1.54) is 6.20 Å². The largest absolute Gasteiger partial charge is 0.354 e. The number of halogens is 1. The second-order valence-corrected chi connectivity index (χ2v) is 6.89. The summed E-state index contributed by atoms with van der Waals surface area (Å²) < 4.78 is 1.82. The standard InChI is InChI=1S/C19H17ClN8/c20-17-12-22-11-15(25-17)14-8-16-13(9-23-14)10-24-28(16)19-3-1-2-18(26-19)27-6-4-21-5-7-27/h1-3,8-12,21H,4-7H2. The molecule has 28 heavy (non-hydrogen) atoms. The summed E-state index contributed by atoms with van der Waals surface area (Å²) in [6, 6.07) is 7.94. The summed E-state index contributed by atoms with van der Waals surface area (Å²) in [7, 11) is 0. The lowest BCUT2D eigenvalue weighted by Gasteiger charge is -2.28. The summed E-state index contributed by atoms with van der Waals surface area (Å²) in [5, 5.41) is 9.14. The molecule has 8 nitrogen and oxygen atoms in total. The molecule has 9 heteroatoms. The lowest BCUT2D eigenvalue weighted by molar-refractivity contribution is 0.584. The third-order valence-electron chi connectivity index (χ3n) is 4.70. The molecule has 0 saturated carbocycles. The Labute approximate surface area is 166 Å². The molecule has 0 radical (unpaired) electrons. The van der Waals surface area contributed by atoms with Gasteiger partial charge in [0.15, 0.2) is 5.82 Å². The summed E-state index contributed by atoms with van der Waals surface area (Å²) in [5.74, 6) is 1.72. The highest BCUT2D eigenvalue weighted by molar-refractivity contribution is 6.29. The van der Waals surface area contributed by atoms with Crippen molar-refractivity contribution in [3.8, 4) is 17.2 Å². The van der Waals surface area contributed by atoms with E-state index in [0.29, 0.717) is 16.5 Å². The number of aromatic nitrogens is 6. The molecule has 0 bridgehead atoms. The molecule has 1 aliphatic heterocycles. The van der Waals surface area contributed by atoms with Crippen molar-refractivity contribution >= 4 is 28.3 Å². The van der Waals surface area contributed by atoms with Gasteiger partial charge in [0.2, 0.25) is 0 Å². The van der Waals surface area contributed by atoms with Crippen molar-refractivity contribution in [2.45, 2.75) is 0 Å². The minimum absolute atomic E-state index is 0.332. The molecular formula is C19H17ClN8. The van der Waals surface area contributed by atoms with Gasteiger partial charge in [-0.05, 0) is 18.2 Å². The molecule has 5 heterocycles. The van der Waals surface area contributed by atoms with Crippen molar-refractivity contribution < 1.29 is 0 Å². The molecule has 0 aromatic carbocycles. The van der Waals surface area contributed by atoms with Gasteiger partial charge in [-0.2, -0.15) is 5.10 Å². The zero-order valence-electron chi connectivity index (χ0n) is 15.0. The van der Waals surface area contributed by atoms with Gasteiger partial charge in [-0.25, -0.2) is 14.6 Å². The first-order valence-electron chi connectivity index (χ1n) is 9.03. The quantitative estimate of drug-likeness (QED) is 0.572. The third kappa shape index (κ3) is 3.17. The molecule has 140 valence electrons. The van der Waals surface area contributed by atoms with E-state index < -0.39 is 0 Å². The highest BCUT2D eigenvalue weighted by Gasteiger charge is 2.14. The van der Waals surface area contributed by atoms with Crippen molar-refractivity contribution in [1.29, 1.82) is 0 Å². The first-order chi connectivity index (χ1) is 13.8. The van der Waals surface area contributed by atoms with Gasteiger partial charge in [0.25, 0.3) is 0 Å². The molecule has 0 amide bonds. The van der Waals surface area contributed by atoms with Crippen molar-refractivity contribution in [2.75, 3.05) is 31.1 Å². The zero-order valence-corrected chi connectivity index (χ0v) is 15.7. The van der Waals surface area contributed by atoms with Gasteiger partial charge in [0.05, 0.1) is 29.8 Å². The predicted octanol–water partition coefficient (Wildman–Crippen LogP) is 2.34. The average molecular weight is 393 g/mol. The lowest BCUT2D eigenvalue weighted by atomic mass is 10.2. The Hall–Kier alpha value is -3.10. The van der Waals surface area contributed by atoms with Gasteiger partial charge >= 0.3 is 0 Å². The number of hydrogen-bond donors (Lipinski definition) is 1. The SMILES string of the molecule is Clc1cncc(-c2cc3c(cn2)cnn3-c2cccc(N3CCNCC3)n2)n1. The van der Waals surface area contributed by atoms with E-state index >= 15 is 0 Å². The minimum Gasteiger partial charge on any atom is -0.354 e. The van der Waals surface area contributed by atoms with Crippen molar-refractivity contribution in [3.63, 3.8) is 0 Å². The molecule has 5 rings (SSSR count). The van der Waals surface area contributed by atoms with Crippen LogP contribution in [0.1, 0.15) is 0 Å². The van der Waals surface area contributed by atoms with E-state index in [0.717, 1.165) is 48.7 Å². The third-order valence-corrected chi connectivity index (χ3v) is 4.88. The van der Waals surface area contributed by atoms with E-state index in [1.807, 2.05) is 28.9 Å². The zero-order chi connectivity index (χ0) is 18.9. The molecule has 0 spiro atoms. The van der Waals surface area contributed by atoms with Crippen LogP contribution in [0.4, 0.5) is 5.82 Å². The number of hydrogen-bond acceptors (Lipinski definition) is 7. The van der Waals surface area contributed by atoms with Crippen LogP contribution < -0.4 is 10.2 Å². The molecule has 1 saturated heterocycles. The maximum atomic E-state index is 5.97. The fourth-order valence-electron chi connectivity index (χ4n) is 3.31. The normalized spacial score (nSPS) is 14.5. The second kappa shape index (κ2) is 7.14. The fraction of sp³-hybridized carbons (Fsp3) is 0.211. The van der Waals surface area contributed by atoms with Gasteiger partial charge in [-0.3, -0.25) is 9.97 Å². The van der Waals surface area contributed by atoms with Crippen LogP contribution in [-0.4, -0.2) is 55.9 Å². The number of anilines is 1. The summed E-state index contributed by atoms with van der Waals surface area (Å²) in [4.78, 5) is 20.0. The predicted molar refractivity (Wildman–Crippen MR) is 108 cm³/mol. The van der Waals surface area contributed by atoms with Crippen LogP contribution in [0.2, 0.25) is 5.15 Å². The van der Waals surface area contributed by atoms with Gasteiger partial charge in [-0.1, -0.05) is 17.7 Å². The van der Waals surface area contributed by atoms with E-state index in [1.54, 1.807) is 18.6 Å². The van der Waals surface area contributed by atoms with Gasteiger partial charge in [0.1, 0.15) is 16.7 Å². The maximum absolute atomic E-state index is 5.97. The number of rotatable bonds is 3. The summed E-state index contributed by atoms with van der Waals surface area (Å²) in [6.45, 7) is 3.81. The van der Waals surface area contributed by atoms with E-state index in [2.05, 4.69) is 30.3 Å². The van der Waals surface area contributed by atoms with Crippen LogP contribution in [0.5, 0.6) is 0 Å². The van der Waals surface area contributed by atoms with Crippen LogP contribution >= 0.6 is 11.6 Å². The smallest absolute Gasteiger partial charge is 0.156 e. The van der Waals surface area contributed by atoms with Crippen LogP contribution in [-0.2, 0) is 0 Å². The molecule has 1 fully saturated rings. The van der Waals surface area contributed by atoms with E-state index in [4.69, 9.17) is 16.6 Å². The van der Waals surface area contributed by atoms with Gasteiger partial charge < -0.3 is 10.2 Å². The van der Waals surface area contributed by atoms with Crippen LogP contribution in [0.15, 0.2) is 49.1 Å². The first-order valence-corrected chi connectivity index (χ1v) is 9.40. The summed E-state index contributed by atoms with van der Waals surface area (Å²) in [6.07, 6.45) is 6.70. The molecule has 4 aromatic heterocycles. The van der Waals surface area contributed by atoms with Gasteiger partial charge in [0, 0.05) is 37.8 Å². The van der Waals surface area contributed by atoms with E-state index in [-0.39, 0.29) is 0 Å². The Morgan fingerprint density at radius 1 is 0.929 bits per heavy atom. The molecule has 1 N–H and O–H groups in total. The highest BCUT2D eigenvalue weighted by Crippen LogP contribution is 2.23. The topological polar surface area (TPSA) is 84.7 Å². The van der Waals surface area contributed by atoms with Gasteiger partial charge in [-0.15, -0.1) is 0 Å². The second-order valence-electron chi connectivity index (χ2n) is 6.50. The van der Waals surface area contributed by atoms with Crippen LogP contribution in [0, 0.1) is 0 Å². The molecule has 4 aromatic rings. The van der Waals surface area contributed by atoms with Crippen molar-refractivity contribution in [2.24, 2.45) is 0 Å². The molecule has 1 aliphatic rings. The first kappa shape index (κ1) is 17.0. The summed E-state index contributed by atoms with van der Waals surface area (Å²) >= 11 is 5.97. The number of pyridine rings is 2. The Kier molecular flexibility index (Phi) is 4.34. The molecule has 0 aliphatic carbocycles. The fourth-order valence-corrected chi connectivity index (χ4v) is 3.46. The monoisotopic (exact) mass is 392 g/mol. The van der Waals surface area contributed by atoms with Crippen LogP contribution in [0.25, 0.3) is 28.1 Å². The summed E-state index contributed by atoms with van der Waals surface area (Å²) in [5.41, 5.74) is 2.20. The molecular weight excluding hydrogens is 376 g/mol. The number of nitrogens with zero attached hydrogens (tertiary/aromatic N) is 7.